The van der Waals surface area contributed by atoms with Crippen molar-refractivity contribution in [3.8, 4) is 0 Å². The van der Waals surface area contributed by atoms with Crippen molar-refractivity contribution in [2.75, 3.05) is 19.7 Å². The van der Waals surface area contributed by atoms with Crippen molar-refractivity contribution in [2.45, 2.75) is 25.8 Å². The van der Waals surface area contributed by atoms with Gasteiger partial charge >= 0.3 is 5.97 Å². The summed E-state index contributed by atoms with van der Waals surface area (Å²) in [6.07, 6.45) is 3.96. The van der Waals surface area contributed by atoms with Gasteiger partial charge in [-0.05, 0) is 31.4 Å². The van der Waals surface area contributed by atoms with Crippen LogP contribution in [0.1, 0.15) is 30.6 Å². The Labute approximate surface area is 129 Å². The number of fused-ring (bicyclic) bond motifs is 5. The first kappa shape index (κ1) is 13.6. The number of nitrogens with one attached hydrogen (secondary N) is 1. The fourth-order valence-corrected chi connectivity index (χ4v) is 3.73. The van der Waals surface area contributed by atoms with Crippen LogP contribution in [-0.4, -0.2) is 35.5 Å². The molecule has 4 rings (SSSR count). The van der Waals surface area contributed by atoms with Gasteiger partial charge in [-0.25, -0.2) is 4.79 Å². The molecule has 2 aromatic rings. The minimum absolute atomic E-state index is 0.164. The molecule has 22 heavy (non-hydrogen) atoms. The highest BCUT2D eigenvalue weighted by molar-refractivity contribution is 5.89. The summed E-state index contributed by atoms with van der Waals surface area (Å²) in [5, 5.41) is 1.34. The Bertz CT molecular complexity index is 760. The Kier molecular flexibility index (Phi) is 3.26. The number of hydrogen-bond donors (Lipinski definition) is 1. The van der Waals surface area contributed by atoms with Gasteiger partial charge in [0.1, 0.15) is 0 Å². The number of para-hydroxylation sites is 1. The molecule has 0 amide bonds. The van der Waals surface area contributed by atoms with Gasteiger partial charge in [0, 0.05) is 35.3 Å². The van der Waals surface area contributed by atoms with Crippen molar-refractivity contribution in [3.05, 3.63) is 47.2 Å². The number of ether oxygens (including phenoxy) is 1. The maximum atomic E-state index is 11.9. The summed E-state index contributed by atoms with van der Waals surface area (Å²) in [5.74, 6) is -0.164. The van der Waals surface area contributed by atoms with E-state index in [0.717, 1.165) is 25.0 Å². The zero-order valence-electron chi connectivity index (χ0n) is 12.8. The summed E-state index contributed by atoms with van der Waals surface area (Å²) in [5.41, 5.74) is 4.80. The van der Waals surface area contributed by atoms with E-state index in [9.17, 15) is 4.79 Å². The summed E-state index contributed by atoms with van der Waals surface area (Å²) in [7, 11) is 0. The van der Waals surface area contributed by atoms with Crippen LogP contribution in [0, 0.1) is 0 Å². The first-order valence-corrected chi connectivity index (χ1v) is 7.97. The van der Waals surface area contributed by atoms with Crippen LogP contribution in [0.4, 0.5) is 0 Å². The third-order valence-electron chi connectivity index (χ3n) is 4.77. The van der Waals surface area contributed by atoms with Gasteiger partial charge < -0.3 is 9.72 Å². The monoisotopic (exact) mass is 296 g/mol. The highest BCUT2D eigenvalue weighted by atomic mass is 16.5. The van der Waals surface area contributed by atoms with Crippen LogP contribution < -0.4 is 0 Å². The Morgan fingerprint density at radius 3 is 3.14 bits per heavy atom. The van der Waals surface area contributed by atoms with Crippen LogP contribution >= 0.6 is 0 Å². The molecular formula is C18H20N2O2. The Morgan fingerprint density at radius 2 is 2.27 bits per heavy atom. The van der Waals surface area contributed by atoms with Crippen LogP contribution in [0.25, 0.3) is 10.9 Å². The topological polar surface area (TPSA) is 45.3 Å². The molecule has 3 heterocycles. The molecule has 0 spiro atoms. The van der Waals surface area contributed by atoms with Crippen molar-refractivity contribution in [1.29, 1.82) is 0 Å². The molecule has 1 aromatic heterocycles. The molecule has 1 N–H and O–H groups in total. The number of rotatable bonds is 2. The molecule has 0 saturated heterocycles. The van der Waals surface area contributed by atoms with E-state index in [2.05, 4.69) is 40.2 Å². The summed E-state index contributed by atoms with van der Waals surface area (Å²) in [6.45, 7) is 3.97. The summed E-state index contributed by atoms with van der Waals surface area (Å²) in [4.78, 5) is 17.9. The highest BCUT2D eigenvalue weighted by Gasteiger charge is 2.33. The summed E-state index contributed by atoms with van der Waals surface area (Å²) < 4.78 is 5.14. The van der Waals surface area contributed by atoms with E-state index in [1.165, 1.54) is 22.2 Å². The summed E-state index contributed by atoms with van der Waals surface area (Å²) in [6, 6.07) is 8.86. The first-order valence-electron chi connectivity index (χ1n) is 7.97. The minimum atomic E-state index is -0.164. The fraction of sp³-hybridized carbons (Fsp3) is 0.389. The van der Waals surface area contributed by atoms with Gasteiger partial charge in [-0.3, -0.25) is 4.90 Å². The van der Waals surface area contributed by atoms with E-state index in [-0.39, 0.29) is 5.97 Å². The van der Waals surface area contributed by atoms with Crippen LogP contribution in [-0.2, 0) is 16.0 Å². The van der Waals surface area contributed by atoms with Gasteiger partial charge in [0.15, 0.2) is 0 Å². The van der Waals surface area contributed by atoms with Crippen LogP contribution in [0.3, 0.4) is 0 Å². The van der Waals surface area contributed by atoms with Crippen molar-refractivity contribution >= 4 is 16.9 Å². The molecule has 4 heteroatoms. The molecule has 2 aliphatic rings. The molecular weight excluding hydrogens is 276 g/mol. The molecule has 0 aliphatic carbocycles. The van der Waals surface area contributed by atoms with Gasteiger partial charge in [0.05, 0.1) is 12.6 Å². The zero-order chi connectivity index (χ0) is 15.1. The van der Waals surface area contributed by atoms with E-state index < -0.39 is 0 Å². The molecule has 4 nitrogen and oxygen atoms in total. The highest BCUT2D eigenvalue weighted by Crippen LogP contribution is 2.38. The second-order valence-electron chi connectivity index (χ2n) is 5.98. The summed E-state index contributed by atoms with van der Waals surface area (Å²) >= 11 is 0. The van der Waals surface area contributed by atoms with Crippen molar-refractivity contribution in [1.82, 2.24) is 9.88 Å². The Hall–Kier alpha value is -2.07. The number of esters is 1. The Balaban J connectivity index is 1.68. The van der Waals surface area contributed by atoms with E-state index in [1.54, 1.807) is 0 Å². The molecule has 114 valence electrons. The van der Waals surface area contributed by atoms with Gasteiger partial charge in [0.2, 0.25) is 0 Å². The smallest absolute Gasteiger partial charge is 0.334 e. The number of H-pyrrole nitrogens is 1. The lowest BCUT2D eigenvalue weighted by Gasteiger charge is -2.38. The van der Waals surface area contributed by atoms with Crippen LogP contribution in [0.15, 0.2) is 35.9 Å². The predicted molar refractivity (Wildman–Crippen MR) is 85.6 cm³/mol. The SMILES string of the molecule is CCOC(=O)C1=CCC2c3[nH]c4ccccc4c3CCN2C1. The van der Waals surface area contributed by atoms with E-state index in [4.69, 9.17) is 4.74 Å². The average molecular weight is 296 g/mol. The molecule has 1 aromatic carbocycles. The van der Waals surface area contributed by atoms with Gasteiger partial charge in [0.25, 0.3) is 0 Å². The lowest BCUT2D eigenvalue weighted by Crippen LogP contribution is -2.40. The Morgan fingerprint density at radius 1 is 1.41 bits per heavy atom. The maximum absolute atomic E-state index is 11.9. The second kappa shape index (κ2) is 5.29. The van der Waals surface area contributed by atoms with E-state index in [0.29, 0.717) is 19.2 Å². The number of hydrogen-bond acceptors (Lipinski definition) is 3. The number of carbonyl (C=O) groups is 1. The van der Waals surface area contributed by atoms with E-state index >= 15 is 0 Å². The first-order chi connectivity index (χ1) is 10.8. The maximum Gasteiger partial charge on any atom is 0.334 e. The quantitative estimate of drug-likeness (QED) is 0.867. The van der Waals surface area contributed by atoms with Gasteiger partial charge in [-0.2, -0.15) is 0 Å². The number of aromatic amines is 1. The van der Waals surface area contributed by atoms with Gasteiger partial charge in [-0.1, -0.05) is 24.3 Å². The van der Waals surface area contributed by atoms with Crippen LogP contribution in [0.2, 0.25) is 0 Å². The normalized spacial score (nSPS) is 21.1. The molecule has 0 bridgehead atoms. The number of nitrogens with zero attached hydrogens (tertiary/aromatic N) is 1. The second-order valence-corrected chi connectivity index (χ2v) is 5.98. The molecule has 1 atom stereocenters. The standard InChI is InChI=1S/C18H20N2O2/c1-2-22-18(21)12-7-8-16-17-14(9-10-20(16)11-12)13-5-3-4-6-15(13)19-17/h3-7,16,19H,2,8-11H2,1H3. The lowest BCUT2D eigenvalue weighted by atomic mass is 9.91. The predicted octanol–water partition coefficient (Wildman–Crippen LogP) is 2.96. The molecule has 0 radical (unpaired) electrons. The van der Waals surface area contributed by atoms with Crippen molar-refractivity contribution in [2.24, 2.45) is 0 Å². The van der Waals surface area contributed by atoms with Gasteiger partial charge in [-0.15, -0.1) is 0 Å². The minimum Gasteiger partial charge on any atom is -0.463 e. The number of benzene rings is 1. The molecule has 2 aliphatic heterocycles. The third-order valence-corrected chi connectivity index (χ3v) is 4.77. The number of carbonyl (C=O) groups excluding carboxylic acids is 1. The van der Waals surface area contributed by atoms with Crippen LogP contribution in [0.5, 0.6) is 0 Å². The third kappa shape index (κ3) is 2.06. The largest absolute Gasteiger partial charge is 0.463 e. The lowest BCUT2D eigenvalue weighted by molar-refractivity contribution is -0.139. The van der Waals surface area contributed by atoms with Crippen molar-refractivity contribution < 1.29 is 9.53 Å². The fourth-order valence-electron chi connectivity index (χ4n) is 3.73. The average Bonchev–Trinajstić information content (AvgIpc) is 2.93. The number of aromatic nitrogens is 1. The molecule has 0 saturated carbocycles. The van der Waals surface area contributed by atoms with E-state index in [1.807, 2.05) is 6.92 Å². The van der Waals surface area contributed by atoms with Crippen molar-refractivity contribution in [3.63, 3.8) is 0 Å². The molecule has 0 fully saturated rings. The molecule has 1 unspecified atom stereocenters. The zero-order valence-corrected chi connectivity index (χ0v) is 12.8.